The number of benzene rings is 1. The summed E-state index contributed by atoms with van der Waals surface area (Å²) in [6, 6.07) is 4.27. The van der Waals surface area contributed by atoms with E-state index in [1.54, 1.807) is 0 Å². The highest BCUT2D eigenvalue weighted by Gasteiger charge is 2.27. The van der Waals surface area contributed by atoms with E-state index in [0.29, 0.717) is 6.79 Å². The maximum absolute atomic E-state index is 9.61. The molecule has 4 nitrogen and oxygen atoms in total. The Bertz CT molecular complexity index is 441. The Hall–Kier alpha value is -1.26. The van der Waals surface area contributed by atoms with Crippen molar-refractivity contribution in [3.63, 3.8) is 0 Å². The molecule has 1 aliphatic heterocycles. The minimum atomic E-state index is 0.185. The fraction of sp³-hybridized carbons (Fsp3) is 0.600. The fourth-order valence-electron chi connectivity index (χ4n) is 2.78. The van der Waals surface area contributed by atoms with Gasteiger partial charge in [0.1, 0.15) is 0 Å². The number of nitrogens with zero attached hydrogens (tertiary/aromatic N) is 1. The first-order valence-corrected chi connectivity index (χ1v) is 6.75. The molecule has 0 radical (unpaired) electrons. The Kier molecular flexibility index (Phi) is 4.32. The summed E-state index contributed by atoms with van der Waals surface area (Å²) in [6.07, 6.45) is 0.938. The molecule has 19 heavy (non-hydrogen) atoms. The summed E-state index contributed by atoms with van der Waals surface area (Å²) < 4.78 is 10.9. The third kappa shape index (κ3) is 2.69. The van der Waals surface area contributed by atoms with Crippen LogP contribution in [-0.4, -0.2) is 37.5 Å². The second-order valence-corrected chi connectivity index (χ2v) is 5.32. The van der Waals surface area contributed by atoms with Gasteiger partial charge >= 0.3 is 0 Å². The topological polar surface area (TPSA) is 41.9 Å². The lowest BCUT2D eigenvalue weighted by Crippen LogP contribution is -2.29. The van der Waals surface area contributed by atoms with Gasteiger partial charge in [0.25, 0.3) is 0 Å². The minimum absolute atomic E-state index is 0.185. The Labute approximate surface area is 114 Å². The lowest BCUT2D eigenvalue weighted by molar-refractivity contribution is 0.130. The summed E-state index contributed by atoms with van der Waals surface area (Å²) in [4.78, 5) is 2.16. The molecule has 1 heterocycles. The van der Waals surface area contributed by atoms with Crippen LogP contribution in [0.25, 0.3) is 0 Å². The van der Waals surface area contributed by atoms with E-state index >= 15 is 0 Å². The molecule has 1 N–H and O–H groups in total. The molecule has 1 aromatic carbocycles. The van der Waals surface area contributed by atoms with E-state index < -0.39 is 0 Å². The van der Waals surface area contributed by atoms with Crippen LogP contribution in [0.15, 0.2) is 12.1 Å². The molecule has 0 amide bonds. The van der Waals surface area contributed by atoms with Crippen LogP contribution >= 0.6 is 0 Å². The third-order valence-electron chi connectivity index (χ3n) is 3.84. The maximum atomic E-state index is 9.61. The van der Waals surface area contributed by atoms with Gasteiger partial charge in [-0.1, -0.05) is 6.92 Å². The van der Waals surface area contributed by atoms with Crippen molar-refractivity contribution in [1.82, 2.24) is 4.90 Å². The monoisotopic (exact) mass is 265 g/mol. The van der Waals surface area contributed by atoms with Crippen LogP contribution in [0.5, 0.6) is 11.5 Å². The highest BCUT2D eigenvalue weighted by Crippen LogP contribution is 2.40. The first kappa shape index (κ1) is 14.2. The van der Waals surface area contributed by atoms with E-state index in [9.17, 15) is 5.11 Å². The SMILES string of the molecule is CCC(CO)C(c1cc2c(cc1C)OCO2)N(C)C. The average molecular weight is 265 g/mol. The molecule has 0 aromatic heterocycles. The second kappa shape index (κ2) is 5.80. The summed E-state index contributed by atoms with van der Waals surface area (Å²) in [5, 5.41) is 9.61. The summed E-state index contributed by atoms with van der Waals surface area (Å²) in [6.45, 7) is 4.67. The summed E-state index contributed by atoms with van der Waals surface area (Å²) in [5.74, 6) is 1.84. The number of ether oxygens (including phenoxy) is 2. The number of hydrogen-bond acceptors (Lipinski definition) is 4. The van der Waals surface area contributed by atoms with Crippen molar-refractivity contribution in [1.29, 1.82) is 0 Å². The lowest BCUT2D eigenvalue weighted by atomic mass is 9.88. The molecule has 2 atom stereocenters. The van der Waals surface area contributed by atoms with E-state index in [0.717, 1.165) is 17.9 Å². The summed E-state index contributed by atoms with van der Waals surface area (Å²) >= 11 is 0. The van der Waals surface area contributed by atoms with Crippen LogP contribution in [0.2, 0.25) is 0 Å². The molecule has 1 aliphatic rings. The van der Waals surface area contributed by atoms with Gasteiger partial charge in [0.15, 0.2) is 11.5 Å². The van der Waals surface area contributed by atoms with Crippen LogP contribution in [0.1, 0.15) is 30.5 Å². The largest absolute Gasteiger partial charge is 0.454 e. The third-order valence-corrected chi connectivity index (χ3v) is 3.84. The minimum Gasteiger partial charge on any atom is -0.454 e. The molecular formula is C15H23NO3. The molecule has 0 fully saturated rings. The molecule has 0 spiro atoms. The van der Waals surface area contributed by atoms with Crippen molar-refractivity contribution in [3.8, 4) is 11.5 Å². The molecule has 0 bridgehead atoms. The number of aryl methyl sites for hydroxylation is 1. The number of hydrogen-bond donors (Lipinski definition) is 1. The van der Waals surface area contributed by atoms with Gasteiger partial charge in [-0.15, -0.1) is 0 Å². The van der Waals surface area contributed by atoms with Gasteiger partial charge in [-0.2, -0.15) is 0 Å². The highest BCUT2D eigenvalue weighted by atomic mass is 16.7. The van der Waals surface area contributed by atoms with Crippen molar-refractivity contribution in [2.45, 2.75) is 26.3 Å². The first-order valence-electron chi connectivity index (χ1n) is 6.75. The van der Waals surface area contributed by atoms with Gasteiger partial charge < -0.3 is 19.5 Å². The Morgan fingerprint density at radius 1 is 1.26 bits per heavy atom. The predicted octanol–water partition coefficient (Wildman–Crippen LogP) is 2.34. The van der Waals surface area contributed by atoms with Crippen molar-refractivity contribution >= 4 is 0 Å². The van der Waals surface area contributed by atoms with Crippen LogP contribution in [0.4, 0.5) is 0 Å². The number of fused-ring (bicyclic) bond motifs is 1. The Morgan fingerprint density at radius 2 is 1.89 bits per heavy atom. The number of aliphatic hydroxyl groups is 1. The zero-order valence-corrected chi connectivity index (χ0v) is 12.1. The maximum Gasteiger partial charge on any atom is 0.231 e. The molecule has 1 aromatic rings. The van der Waals surface area contributed by atoms with Gasteiger partial charge in [-0.05, 0) is 50.7 Å². The molecule has 0 saturated carbocycles. The smallest absolute Gasteiger partial charge is 0.231 e. The summed E-state index contributed by atoms with van der Waals surface area (Å²) in [5.41, 5.74) is 2.38. The normalized spacial score (nSPS) is 16.7. The molecule has 0 aliphatic carbocycles. The van der Waals surface area contributed by atoms with Gasteiger partial charge in [-0.3, -0.25) is 0 Å². The molecule has 4 heteroatoms. The van der Waals surface area contributed by atoms with Gasteiger partial charge in [0.2, 0.25) is 6.79 Å². The molecule has 106 valence electrons. The van der Waals surface area contributed by atoms with E-state index in [4.69, 9.17) is 9.47 Å². The number of aliphatic hydroxyl groups excluding tert-OH is 1. The van der Waals surface area contributed by atoms with E-state index in [1.807, 2.05) is 20.2 Å². The van der Waals surface area contributed by atoms with Gasteiger partial charge in [0.05, 0.1) is 0 Å². The standard InChI is InChI=1S/C15H23NO3/c1-5-11(8-17)15(16(3)4)12-7-14-13(6-10(12)2)18-9-19-14/h6-7,11,15,17H,5,8-9H2,1-4H3. The van der Waals surface area contributed by atoms with Crippen molar-refractivity contribution in [3.05, 3.63) is 23.3 Å². The summed E-state index contributed by atoms with van der Waals surface area (Å²) in [7, 11) is 4.10. The second-order valence-electron chi connectivity index (χ2n) is 5.32. The van der Waals surface area contributed by atoms with Crippen LogP contribution < -0.4 is 9.47 Å². The van der Waals surface area contributed by atoms with Crippen molar-refractivity contribution < 1.29 is 14.6 Å². The van der Waals surface area contributed by atoms with Crippen LogP contribution in [0.3, 0.4) is 0 Å². The number of rotatable bonds is 5. The quantitative estimate of drug-likeness (QED) is 0.887. The Morgan fingerprint density at radius 3 is 2.42 bits per heavy atom. The van der Waals surface area contributed by atoms with Gasteiger partial charge in [0, 0.05) is 18.6 Å². The lowest BCUT2D eigenvalue weighted by Gasteiger charge is -2.32. The van der Waals surface area contributed by atoms with Gasteiger partial charge in [-0.25, -0.2) is 0 Å². The first-order chi connectivity index (χ1) is 9.08. The van der Waals surface area contributed by atoms with Crippen molar-refractivity contribution in [2.24, 2.45) is 5.92 Å². The Balaban J connectivity index is 2.42. The predicted molar refractivity (Wildman–Crippen MR) is 74.6 cm³/mol. The molecular weight excluding hydrogens is 242 g/mol. The average Bonchev–Trinajstić information content (AvgIpc) is 2.81. The van der Waals surface area contributed by atoms with Crippen LogP contribution in [-0.2, 0) is 0 Å². The molecule has 0 saturated heterocycles. The highest BCUT2D eigenvalue weighted by molar-refractivity contribution is 5.49. The van der Waals surface area contributed by atoms with Crippen molar-refractivity contribution in [2.75, 3.05) is 27.5 Å². The molecule has 2 unspecified atom stereocenters. The zero-order valence-electron chi connectivity index (χ0n) is 12.1. The molecule has 2 rings (SSSR count). The van der Waals surface area contributed by atoms with E-state index in [1.165, 1.54) is 11.1 Å². The van der Waals surface area contributed by atoms with E-state index in [2.05, 4.69) is 24.8 Å². The van der Waals surface area contributed by atoms with E-state index in [-0.39, 0.29) is 18.6 Å². The fourth-order valence-corrected chi connectivity index (χ4v) is 2.78. The van der Waals surface area contributed by atoms with Crippen LogP contribution in [0, 0.1) is 12.8 Å². The zero-order chi connectivity index (χ0) is 14.0.